The third-order valence-electron chi connectivity index (χ3n) is 4.90. The number of anilines is 1. The third-order valence-corrected chi connectivity index (χ3v) is 9.24. The van der Waals surface area contributed by atoms with Crippen molar-refractivity contribution in [2.75, 3.05) is 36.5 Å². The molecular weight excluding hydrogens is 446 g/mol. The lowest BCUT2D eigenvalue weighted by molar-refractivity contribution is -0.120. The van der Waals surface area contributed by atoms with Gasteiger partial charge in [-0.1, -0.05) is 0 Å². The van der Waals surface area contributed by atoms with Gasteiger partial charge in [0, 0.05) is 36.0 Å². The summed E-state index contributed by atoms with van der Waals surface area (Å²) in [5.74, 6) is 1.25. The van der Waals surface area contributed by atoms with E-state index >= 15 is 0 Å². The quantitative estimate of drug-likeness (QED) is 0.719. The lowest BCUT2D eigenvalue weighted by Gasteiger charge is -2.28. The van der Waals surface area contributed by atoms with Gasteiger partial charge in [-0.2, -0.15) is 16.1 Å². The van der Waals surface area contributed by atoms with Gasteiger partial charge in [0.1, 0.15) is 15.9 Å². The molecule has 2 fully saturated rings. The molecule has 2 aliphatic rings. The molecular formula is C19H29N3O5S3. The zero-order chi connectivity index (χ0) is 22.1. The number of carbonyl (C=O) groups excluding carboxylic acids is 2. The van der Waals surface area contributed by atoms with Crippen LogP contribution >= 0.6 is 23.1 Å². The van der Waals surface area contributed by atoms with Crippen molar-refractivity contribution >= 4 is 50.8 Å². The van der Waals surface area contributed by atoms with E-state index in [1.807, 2.05) is 0 Å². The predicted octanol–water partition coefficient (Wildman–Crippen LogP) is 3.13. The monoisotopic (exact) mass is 475 g/mol. The molecule has 3 rings (SSSR count). The largest absolute Gasteiger partial charge is 0.444 e. The number of nitrogens with zero attached hydrogens (tertiary/aromatic N) is 2. The molecule has 0 unspecified atom stereocenters. The minimum absolute atomic E-state index is 0.234. The number of likely N-dealkylation sites (tertiary alicyclic amines) is 1. The number of sulfonamides is 1. The summed E-state index contributed by atoms with van der Waals surface area (Å²) in [6.07, 6.45) is 0.755. The summed E-state index contributed by atoms with van der Waals surface area (Å²) in [6.45, 7) is 8.60. The maximum absolute atomic E-state index is 12.9. The number of aryl methyl sites for hydroxylation is 1. The van der Waals surface area contributed by atoms with Gasteiger partial charge in [0.15, 0.2) is 0 Å². The second kappa shape index (κ2) is 9.05. The highest BCUT2D eigenvalue weighted by Crippen LogP contribution is 2.33. The molecule has 0 saturated carbocycles. The SMILES string of the molecule is Cc1sc(S(=O)(=O)N2CCSCC2)cc1NC(=O)[C@@H]1CCCN1C(=O)OC(C)(C)C. The molecule has 1 N–H and O–H groups in total. The number of thiophene rings is 1. The van der Waals surface area contributed by atoms with Gasteiger partial charge in [0.25, 0.3) is 10.0 Å². The van der Waals surface area contributed by atoms with Crippen LogP contribution in [-0.2, 0) is 19.6 Å². The van der Waals surface area contributed by atoms with Gasteiger partial charge in [-0.25, -0.2) is 13.2 Å². The molecule has 2 amide bonds. The Morgan fingerprint density at radius 2 is 1.87 bits per heavy atom. The van der Waals surface area contributed by atoms with E-state index < -0.39 is 27.8 Å². The Balaban J connectivity index is 1.72. The minimum Gasteiger partial charge on any atom is -0.444 e. The molecule has 0 spiro atoms. The van der Waals surface area contributed by atoms with Crippen LogP contribution in [0.3, 0.4) is 0 Å². The first kappa shape index (κ1) is 23.4. The summed E-state index contributed by atoms with van der Waals surface area (Å²) < 4.78 is 33.0. The Kier molecular flexibility index (Phi) is 7.05. The van der Waals surface area contributed by atoms with Crippen LogP contribution < -0.4 is 5.32 Å². The van der Waals surface area contributed by atoms with Crippen LogP contribution in [0.5, 0.6) is 0 Å². The molecule has 0 bridgehead atoms. The normalized spacial score (nSPS) is 20.9. The van der Waals surface area contributed by atoms with Gasteiger partial charge in [-0.3, -0.25) is 9.69 Å². The van der Waals surface area contributed by atoms with E-state index in [0.29, 0.717) is 38.2 Å². The summed E-state index contributed by atoms with van der Waals surface area (Å²) in [4.78, 5) is 27.5. The molecule has 0 radical (unpaired) electrons. The molecule has 1 atom stereocenters. The lowest BCUT2D eigenvalue weighted by Crippen LogP contribution is -2.45. The number of amides is 2. The fourth-order valence-corrected chi connectivity index (χ4v) is 7.54. The molecule has 1 aromatic heterocycles. The first-order chi connectivity index (χ1) is 14.0. The Bertz CT molecular complexity index is 901. The van der Waals surface area contributed by atoms with Gasteiger partial charge >= 0.3 is 6.09 Å². The highest BCUT2D eigenvalue weighted by Gasteiger charge is 2.37. The number of hydrogen-bond donors (Lipinski definition) is 1. The average Bonchev–Trinajstić information content (AvgIpc) is 3.29. The molecule has 1 aromatic rings. The van der Waals surface area contributed by atoms with Crippen LogP contribution in [0, 0.1) is 6.92 Å². The number of carbonyl (C=O) groups is 2. The number of ether oxygens (including phenoxy) is 1. The van der Waals surface area contributed by atoms with Crippen molar-refractivity contribution in [2.24, 2.45) is 0 Å². The van der Waals surface area contributed by atoms with Gasteiger partial charge in [-0.15, -0.1) is 11.3 Å². The summed E-state index contributed by atoms with van der Waals surface area (Å²) in [5.41, 5.74) is -0.160. The van der Waals surface area contributed by atoms with E-state index in [1.54, 1.807) is 39.5 Å². The molecule has 168 valence electrons. The van der Waals surface area contributed by atoms with Gasteiger partial charge < -0.3 is 10.1 Å². The van der Waals surface area contributed by atoms with E-state index in [4.69, 9.17) is 4.74 Å². The zero-order valence-electron chi connectivity index (χ0n) is 17.8. The maximum atomic E-state index is 12.9. The highest BCUT2D eigenvalue weighted by atomic mass is 32.2. The number of rotatable bonds is 4. The Hall–Kier alpha value is -1.30. The van der Waals surface area contributed by atoms with Crippen molar-refractivity contribution in [3.63, 3.8) is 0 Å². The molecule has 8 nitrogen and oxygen atoms in total. The van der Waals surface area contributed by atoms with Gasteiger partial charge in [0.05, 0.1) is 5.69 Å². The summed E-state index contributed by atoms with van der Waals surface area (Å²) in [7, 11) is -3.56. The zero-order valence-corrected chi connectivity index (χ0v) is 20.2. The topological polar surface area (TPSA) is 96.0 Å². The van der Waals surface area contributed by atoms with Crippen molar-refractivity contribution in [1.29, 1.82) is 0 Å². The van der Waals surface area contributed by atoms with Gasteiger partial charge in [0.2, 0.25) is 5.91 Å². The standard InChI is InChI=1S/C19H29N3O5S3/c1-13-14(12-16(29-13)30(25,26)21-8-10-28-11-9-21)20-17(23)15-6-5-7-22(15)18(24)27-19(2,3)4/h12,15H,5-11H2,1-4H3,(H,20,23)/t15-/m0/s1. The van der Waals surface area contributed by atoms with Crippen molar-refractivity contribution in [3.8, 4) is 0 Å². The van der Waals surface area contributed by atoms with Gasteiger partial charge in [-0.05, 0) is 46.6 Å². The molecule has 2 aliphatic heterocycles. The van der Waals surface area contributed by atoms with Crippen LogP contribution in [0.15, 0.2) is 10.3 Å². The highest BCUT2D eigenvalue weighted by molar-refractivity contribution is 7.99. The molecule has 0 aliphatic carbocycles. The Labute approximate surface area is 186 Å². The first-order valence-corrected chi connectivity index (χ1v) is 13.4. The second-order valence-electron chi connectivity index (χ2n) is 8.37. The summed E-state index contributed by atoms with van der Waals surface area (Å²) in [6, 6.07) is 0.903. The van der Waals surface area contributed by atoms with E-state index in [2.05, 4.69) is 5.32 Å². The fourth-order valence-electron chi connectivity index (χ4n) is 3.41. The van der Waals surface area contributed by atoms with Crippen LogP contribution in [0.1, 0.15) is 38.5 Å². The Morgan fingerprint density at radius 3 is 2.50 bits per heavy atom. The molecule has 0 aromatic carbocycles. The molecule has 11 heteroatoms. The first-order valence-electron chi connectivity index (χ1n) is 9.98. The van der Waals surface area contributed by atoms with E-state index in [-0.39, 0.29) is 10.1 Å². The lowest BCUT2D eigenvalue weighted by atomic mass is 10.2. The molecule has 3 heterocycles. The van der Waals surface area contributed by atoms with E-state index in [9.17, 15) is 18.0 Å². The maximum Gasteiger partial charge on any atom is 0.410 e. The van der Waals surface area contributed by atoms with Crippen molar-refractivity contribution in [3.05, 3.63) is 10.9 Å². The van der Waals surface area contributed by atoms with Crippen LogP contribution in [0.4, 0.5) is 10.5 Å². The third kappa shape index (κ3) is 5.30. The van der Waals surface area contributed by atoms with Crippen LogP contribution in [0.2, 0.25) is 0 Å². The van der Waals surface area contributed by atoms with Crippen LogP contribution in [0.25, 0.3) is 0 Å². The molecule has 30 heavy (non-hydrogen) atoms. The number of nitrogens with one attached hydrogen (secondary N) is 1. The average molecular weight is 476 g/mol. The van der Waals surface area contributed by atoms with Crippen molar-refractivity contribution < 1.29 is 22.7 Å². The minimum atomic E-state index is -3.56. The predicted molar refractivity (Wildman–Crippen MR) is 120 cm³/mol. The van der Waals surface area contributed by atoms with Crippen molar-refractivity contribution in [1.82, 2.24) is 9.21 Å². The summed E-state index contributed by atoms with van der Waals surface area (Å²) in [5, 5.41) is 2.83. The Morgan fingerprint density at radius 1 is 1.20 bits per heavy atom. The van der Waals surface area contributed by atoms with Crippen LogP contribution in [-0.4, -0.2) is 72.4 Å². The fraction of sp³-hybridized carbons (Fsp3) is 0.684. The van der Waals surface area contributed by atoms with E-state index in [1.165, 1.54) is 15.3 Å². The number of hydrogen-bond acceptors (Lipinski definition) is 7. The van der Waals surface area contributed by atoms with Crippen molar-refractivity contribution in [2.45, 2.75) is 56.4 Å². The second-order valence-corrected chi connectivity index (χ2v) is 13.0. The van der Waals surface area contributed by atoms with E-state index in [0.717, 1.165) is 27.7 Å². The summed E-state index contributed by atoms with van der Waals surface area (Å²) >= 11 is 2.90. The smallest absolute Gasteiger partial charge is 0.410 e. The number of thioether (sulfide) groups is 1. The molecule has 2 saturated heterocycles.